The van der Waals surface area contributed by atoms with Gasteiger partial charge in [0.2, 0.25) is 11.8 Å². The predicted molar refractivity (Wildman–Crippen MR) is 236 cm³/mol. The van der Waals surface area contributed by atoms with E-state index >= 15 is 0 Å². The Bertz CT molecular complexity index is 2120. The third-order valence-electron chi connectivity index (χ3n) is 13.7. The van der Waals surface area contributed by atoms with Crippen LogP contribution in [0.4, 0.5) is 4.79 Å². The van der Waals surface area contributed by atoms with Crippen molar-refractivity contribution < 1.29 is 56.0 Å². The Morgan fingerprint density at radius 3 is 2.22 bits per heavy atom. The second-order valence-corrected chi connectivity index (χ2v) is 22.6. The van der Waals surface area contributed by atoms with Crippen LogP contribution in [0.5, 0.6) is 5.75 Å². The summed E-state index contributed by atoms with van der Waals surface area (Å²) in [4.78, 5) is 83.1. The maximum atomic E-state index is 15.0. The summed E-state index contributed by atoms with van der Waals surface area (Å²) in [7, 11) is -3.77. The van der Waals surface area contributed by atoms with Gasteiger partial charge in [-0.2, -0.15) is 12.7 Å². The van der Waals surface area contributed by atoms with Crippen molar-refractivity contribution in [3.05, 3.63) is 29.3 Å². The van der Waals surface area contributed by atoms with E-state index in [0.29, 0.717) is 11.5 Å². The highest BCUT2D eigenvalue weighted by molar-refractivity contribution is 7.87. The lowest BCUT2D eigenvalue weighted by Gasteiger charge is -2.64. The minimum Gasteiger partial charge on any atom is -0.496 e. The van der Waals surface area contributed by atoms with Crippen molar-refractivity contribution in [1.29, 1.82) is 0 Å². The van der Waals surface area contributed by atoms with Crippen molar-refractivity contribution in [2.45, 2.75) is 137 Å². The Labute approximate surface area is 377 Å². The van der Waals surface area contributed by atoms with Crippen LogP contribution in [0, 0.1) is 28.6 Å². The monoisotopic (exact) mass is 914 g/mol. The third-order valence-corrected chi connectivity index (χ3v) is 15.3. The fourth-order valence-electron chi connectivity index (χ4n) is 10.2. The van der Waals surface area contributed by atoms with Gasteiger partial charge < -0.3 is 34.3 Å². The highest BCUT2D eigenvalue weighted by atomic mass is 32.2. The molecule has 0 radical (unpaired) electrons. The second-order valence-electron chi connectivity index (χ2n) is 20.9. The number of ether oxygens (including phenoxy) is 2. The Kier molecular flexibility index (Phi) is 14.0. The molecule has 3 heterocycles. The fourth-order valence-corrected chi connectivity index (χ4v) is 11.4. The number of benzene rings is 1. The molecule has 354 valence electrons. The van der Waals surface area contributed by atoms with Crippen LogP contribution in [0.2, 0.25) is 0 Å². The van der Waals surface area contributed by atoms with Gasteiger partial charge >= 0.3 is 41.1 Å². The number of rotatable bonds is 13. The molecule has 0 spiro atoms. The molecule has 1 aromatic rings. The predicted octanol–water partition coefficient (Wildman–Crippen LogP) is 3.22. The average molecular weight is 915 g/mol. The fraction of sp³-hybridized carbons (Fsp3) is 0.727. The summed E-state index contributed by atoms with van der Waals surface area (Å²) >= 11 is 0. The average Bonchev–Trinajstić information content (AvgIpc) is 3.56. The first kappa shape index (κ1) is 49.2. The van der Waals surface area contributed by atoms with Gasteiger partial charge in [-0.1, -0.05) is 46.8 Å². The maximum Gasteiger partial charge on any atom is 0.482 e. The van der Waals surface area contributed by atoms with Crippen LogP contribution in [0.1, 0.15) is 117 Å². The molecule has 1 unspecified atom stereocenters. The topological polar surface area (TPSA) is 219 Å². The zero-order chi connectivity index (χ0) is 47.3. The van der Waals surface area contributed by atoms with E-state index in [1.54, 1.807) is 45.9 Å². The number of nitrogens with one attached hydrogen (secondary N) is 3. The highest BCUT2D eigenvalue weighted by Gasteiger charge is 2.68. The maximum absolute atomic E-state index is 15.0. The first-order valence-corrected chi connectivity index (χ1v) is 23.9. The lowest BCUT2D eigenvalue weighted by atomic mass is 9.43. The van der Waals surface area contributed by atoms with E-state index < -0.39 is 87.5 Å². The van der Waals surface area contributed by atoms with E-state index in [2.05, 4.69) is 36.1 Å². The molecule has 6 amide bonds. The second kappa shape index (κ2) is 18.2. The number of hydrogen-bond acceptors (Lipinski definition) is 12. The number of urea groups is 1. The molecule has 6 fully saturated rings. The number of piperazine rings is 1. The van der Waals surface area contributed by atoms with Crippen LogP contribution in [0.25, 0.3) is 0 Å². The van der Waals surface area contributed by atoms with Gasteiger partial charge in [-0.05, 0) is 107 Å². The van der Waals surface area contributed by atoms with E-state index in [1.807, 2.05) is 20.8 Å². The number of imide groups is 1. The number of methoxy groups -OCH3 is 1. The smallest absolute Gasteiger partial charge is 0.482 e. The molecule has 1 aromatic carbocycles. The van der Waals surface area contributed by atoms with Crippen LogP contribution in [0.3, 0.4) is 0 Å². The van der Waals surface area contributed by atoms with Crippen LogP contribution in [-0.4, -0.2) is 134 Å². The summed E-state index contributed by atoms with van der Waals surface area (Å²) in [5.41, 5.74) is -1.18. The Balaban J connectivity index is 1.31. The number of piperidine rings is 1. The molecule has 6 aliphatic rings. The normalized spacial score (nSPS) is 26.0. The van der Waals surface area contributed by atoms with Crippen LogP contribution in [0.15, 0.2) is 18.2 Å². The lowest BCUT2D eigenvalue weighted by Crippen LogP contribution is -2.65. The minimum absolute atomic E-state index is 0.0156. The van der Waals surface area contributed by atoms with Crippen molar-refractivity contribution in [3.8, 4) is 5.75 Å². The van der Waals surface area contributed by atoms with Gasteiger partial charge in [0.15, 0.2) is 0 Å². The molecule has 3 aliphatic carbocycles. The van der Waals surface area contributed by atoms with Gasteiger partial charge in [0.1, 0.15) is 23.0 Å². The molecular weight excluding hydrogens is 847 g/mol. The van der Waals surface area contributed by atoms with Crippen molar-refractivity contribution in [2.24, 2.45) is 28.6 Å². The molecule has 20 heteroatoms. The summed E-state index contributed by atoms with van der Waals surface area (Å²) in [6.45, 7) is 19.1. The molecular formula is C44H67BN6O12S. The van der Waals surface area contributed by atoms with Crippen LogP contribution >= 0.6 is 0 Å². The molecule has 3 N–H and O–H groups in total. The van der Waals surface area contributed by atoms with E-state index in [0.717, 1.165) is 22.0 Å². The Morgan fingerprint density at radius 2 is 1.62 bits per heavy atom. The zero-order valence-electron chi connectivity index (χ0n) is 39.2. The summed E-state index contributed by atoms with van der Waals surface area (Å²) in [5, 5.41) is 5.85. The summed E-state index contributed by atoms with van der Waals surface area (Å²) in [5.74, 6) is -4.50. The molecule has 3 aliphatic heterocycles. The zero-order valence-corrected chi connectivity index (χ0v) is 40.0. The van der Waals surface area contributed by atoms with E-state index in [-0.39, 0.29) is 87.2 Å². The number of para-hydroxylation sites is 1. The summed E-state index contributed by atoms with van der Waals surface area (Å²) in [6, 6.07) is 2.78. The van der Waals surface area contributed by atoms with E-state index in [4.69, 9.17) is 18.8 Å². The lowest BCUT2D eigenvalue weighted by molar-refractivity contribution is -0.199. The number of hydrogen-bond donors (Lipinski definition) is 3. The van der Waals surface area contributed by atoms with Crippen molar-refractivity contribution in [2.75, 3.05) is 39.8 Å². The first-order chi connectivity index (χ1) is 29.7. The minimum atomic E-state index is -4.23. The SMILES string of the molecule is CCN1CCN(C(=O)NC(C(=O)N[C@@H](Cc2cccc(C(=O)OC(C)(C)C)c2OC)B2O[C@@H]3C[C@@H]4C[C@@H](C4(C)C)[C@]3(C)O2)C2CCN(S(=O)(=O)NC(=O)CC(C)(C)C)CC2)C(=O)C1=O. The largest absolute Gasteiger partial charge is 0.496 e. The van der Waals surface area contributed by atoms with E-state index in [1.165, 1.54) is 12.0 Å². The number of carbonyl (C=O) groups is 6. The number of nitrogens with zero attached hydrogens (tertiary/aromatic N) is 3. The standard InChI is InChI=1S/C44H67BN6O12S/c1-12-49-20-21-51(38(55)37(49)54)40(57)47-34(26-16-18-50(19-17-26)64(58,59)48-33(52)25-41(2,3)4)36(53)46-32(45-62-31-24-28-23-30(43(28,8)9)44(31,10)63-45)22-27-14-13-15-29(35(27)60-11)39(56)61-42(5,6)7/h13-15,26,28,30-32,34H,12,16-25H2,1-11H3,(H,46,53)(H,47,57)(H,48,52)/t28-,30-,31+,32-,34?,44-/m0/s1. The van der Waals surface area contributed by atoms with Gasteiger partial charge in [-0.3, -0.25) is 24.1 Å². The third kappa shape index (κ3) is 10.2. The Morgan fingerprint density at radius 1 is 0.953 bits per heavy atom. The number of likely N-dealkylation sites (N-methyl/N-ethyl adjacent to an activating group) is 1. The number of amides is 6. The van der Waals surface area contributed by atoms with E-state index in [9.17, 15) is 37.2 Å². The molecule has 3 saturated carbocycles. The van der Waals surface area contributed by atoms with Gasteiger partial charge in [-0.15, -0.1) is 0 Å². The highest BCUT2D eigenvalue weighted by Crippen LogP contribution is 2.65. The molecule has 7 rings (SSSR count). The molecule has 2 bridgehead atoms. The molecule has 64 heavy (non-hydrogen) atoms. The molecule has 6 atom stereocenters. The summed E-state index contributed by atoms with van der Waals surface area (Å²) < 4.78 is 55.1. The molecule has 0 aromatic heterocycles. The van der Waals surface area contributed by atoms with Crippen molar-refractivity contribution in [3.63, 3.8) is 0 Å². The number of esters is 1. The molecule has 18 nitrogen and oxygen atoms in total. The van der Waals surface area contributed by atoms with Crippen molar-refractivity contribution >= 4 is 53.0 Å². The van der Waals surface area contributed by atoms with Crippen LogP contribution < -0.4 is 20.1 Å². The first-order valence-electron chi connectivity index (χ1n) is 22.4. The quantitative estimate of drug-likeness (QED) is 0.148. The van der Waals surface area contributed by atoms with Gasteiger partial charge in [-0.25, -0.2) is 14.3 Å². The molecule has 3 saturated heterocycles. The van der Waals surface area contributed by atoms with Gasteiger partial charge in [0.05, 0.1) is 24.8 Å². The van der Waals surface area contributed by atoms with Gasteiger partial charge in [0, 0.05) is 39.1 Å². The summed E-state index contributed by atoms with van der Waals surface area (Å²) in [6.07, 6.45) is 1.70. The van der Waals surface area contributed by atoms with Gasteiger partial charge in [0.25, 0.3) is 0 Å². The van der Waals surface area contributed by atoms with Crippen molar-refractivity contribution in [1.82, 2.24) is 29.5 Å². The number of carbonyl (C=O) groups excluding carboxylic acids is 6. The Hall–Kier alpha value is -4.27. The van der Waals surface area contributed by atoms with Crippen LogP contribution in [-0.2, 0) is 49.9 Å².